The fourth-order valence-corrected chi connectivity index (χ4v) is 4.95. The Balaban J connectivity index is 1.37. The van der Waals surface area contributed by atoms with Gasteiger partial charge in [0.05, 0.1) is 7.11 Å². The van der Waals surface area contributed by atoms with Crippen LogP contribution in [0.15, 0.2) is 53.1 Å². The van der Waals surface area contributed by atoms with Crippen LogP contribution in [0.5, 0.6) is 5.75 Å². The molecule has 2 aromatic carbocycles. The van der Waals surface area contributed by atoms with Crippen molar-refractivity contribution < 1.29 is 18.8 Å². The monoisotopic (exact) mass is 482 g/mol. The maximum absolute atomic E-state index is 13.1. The van der Waals surface area contributed by atoms with Crippen LogP contribution >= 0.6 is 11.6 Å². The number of amides is 1. The first-order valence-electron chi connectivity index (χ1n) is 11.4. The van der Waals surface area contributed by atoms with Crippen LogP contribution in [0.4, 0.5) is 10.5 Å². The molecule has 0 aliphatic carbocycles. The van der Waals surface area contributed by atoms with E-state index in [2.05, 4.69) is 15.0 Å². The highest BCUT2D eigenvalue weighted by Gasteiger charge is 2.44. The summed E-state index contributed by atoms with van der Waals surface area (Å²) in [6, 6.07) is 14.8. The summed E-state index contributed by atoms with van der Waals surface area (Å²) in [4.78, 5) is 21.5. The quantitative estimate of drug-likeness (QED) is 0.489. The number of hydrogen-bond acceptors (Lipinski definition) is 7. The van der Waals surface area contributed by atoms with Gasteiger partial charge >= 0.3 is 6.09 Å². The minimum absolute atomic E-state index is 0.267. The van der Waals surface area contributed by atoms with Gasteiger partial charge in [0.1, 0.15) is 17.9 Å². The molecule has 2 atom stereocenters. The number of carbonyl (C=O) groups excluding carboxylic acids is 1. The van der Waals surface area contributed by atoms with E-state index in [0.29, 0.717) is 23.3 Å². The molecule has 178 valence electrons. The lowest BCUT2D eigenvalue weighted by atomic mass is 9.95. The van der Waals surface area contributed by atoms with E-state index in [9.17, 15) is 4.79 Å². The number of piperidine rings is 1. The lowest BCUT2D eigenvalue weighted by molar-refractivity contribution is 0.0838. The van der Waals surface area contributed by atoms with E-state index in [1.165, 1.54) is 0 Å². The smallest absolute Gasteiger partial charge is 0.415 e. The molecule has 2 aliphatic heterocycles. The fourth-order valence-electron chi connectivity index (χ4n) is 4.82. The second-order valence-corrected chi connectivity index (χ2v) is 9.18. The maximum atomic E-state index is 13.1. The molecule has 0 saturated carbocycles. The van der Waals surface area contributed by atoms with Crippen molar-refractivity contribution in [3.63, 3.8) is 0 Å². The van der Waals surface area contributed by atoms with Crippen molar-refractivity contribution in [1.82, 2.24) is 15.0 Å². The number of carbonyl (C=O) groups is 1. The summed E-state index contributed by atoms with van der Waals surface area (Å²) in [5, 5.41) is 4.54. The first kappa shape index (κ1) is 22.7. The Kier molecular flexibility index (Phi) is 6.43. The molecule has 2 aliphatic rings. The summed E-state index contributed by atoms with van der Waals surface area (Å²) < 4.78 is 16.8. The highest BCUT2D eigenvalue weighted by Crippen LogP contribution is 2.39. The molecule has 1 amide bonds. The van der Waals surface area contributed by atoms with Crippen molar-refractivity contribution in [2.45, 2.75) is 37.8 Å². The molecule has 1 aromatic heterocycles. The molecule has 0 spiro atoms. The van der Waals surface area contributed by atoms with Crippen molar-refractivity contribution in [2.24, 2.45) is 0 Å². The molecule has 5 rings (SSSR count). The average Bonchev–Trinajstić information content (AvgIpc) is 3.43. The first-order chi connectivity index (χ1) is 16.5. The number of nitrogens with zero attached hydrogens (tertiary/aromatic N) is 4. The van der Waals surface area contributed by atoms with Crippen LogP contribution in [-0.2, 0) is 4.74 Å². The van der Waals surface area contributed by atoms with Crippen molar-refractivity contribution in [1.29, 1.82) is 0 Å². The predicted octanol–water partition coefficient (Wildman–Crippen LogP) is 4.99. The zero-order valence-corrected chi connectivity index (χ0v) is 19.9. The summed E-state index contributed by atoms with van der Waals surface area (Å²) in [6.45, 7) is 4.20. The minimum atomic E-state index is -0.364. The van der Waals surface area contributed by atoms with E-state index < -0.39 is 0 Å². The number of rotatable bonds is 6. The van der Waals surface area contributed by atoms with Crippen LogP contribution in [0.1, 0.15) is 42.1 Å². The summed E-state index contributed by atoms with van der Waals surface area (Å²) in [5.74, 6) is 2.39. The standard InChI is InChI=1S/C25H27ClN4O4/c1-16-27-24(34-28-16)17-10-12-29(13-11-17)15-22-23(18-4-3-5-21(14-18)32-2)30(25(31)33-22)20-8-6-19(26)7-9-20/h3-9,14,17,22-23H,10-13,15H2,1-2H3/t22-,23-/m0/s1. The molecule has 2 fully saturated rings. The third kappa shape index (κ3) is 4.60. The first-order valence-corrected chi connectivity index (χ1v) is 11.8. The van der Waals surface area contributed by atoms with Crippen molar-refractivity contribution in [3.05, 3.63) is 70.8 Å². The predicted molar refractivity (Wildman–Crippen MR) is 127 cm³/mol. The highest BCUT2D eigenvalue weighted by molar-refractivity contribution is 6.30. The van der Waals surface area contributed by atoms with Crippen LogP contribution in [-0.4, -0.2) is 54.0 Å². The Morgan fingerprint density at radius 1 is 1.15 bits per heavy atom. The van der Waals surface area contributed by atoms with E-state index in [1.54, 1.807) is 24.1 Å². The number of methoxy groups -OCH3 is 1. The molecule has 9 heteroatoms. The number of hydrogen-bond donors (Lipinski definition) is 0. The van der Waals surface area contributed by atoms with Crippen molar-refractivity contribution in [2.75, 3.05) is 31.6 Å². The Morgan fingerprint density at radius 3 is 2.59 bits per heavy atom. The van der Waals surface area contributed by atoms with Crippen molar-refractivity contribution >= 4 is 23.4 Å². The summed E-state index contributed by atoms with van der Waals surface area (Å²) in [5.41, 5.74) is 1.71. The fraction of sp³-hybridized carbons (Fsp3) is 0.400. The normalized spacial score (nSPS) is 21.6. The SMILES string of the molecule is COc1cccc([C@H]2[C@H](CN3CCC(c4nc(C)no4)CC3)OC(=O)N2c2ccc(Cl)cc2)c1. The lowest BCUT2D eigenvalue weighted by Gasteiger charge is -2.33. The molecule has 8 nitrogen and oxygen atoms in total. The number of anilines is 1. The maximum Gasteiger partial charge on any atom is 0.415 e. The highest BCUT2D eigenvalue weighted by atomic mass is 35.5. The molecule has 3 heterocycles. The Hall–Kier alpha value is -3.10. The average molecular weight is 483 g/mol. The van der Waals surface area contributed by atoms with Gasteiger partial charge in [0.15, 0.2) is 5.82 Å². The zero-order valence-electron chi connectivity index (χ0n) is 19.2. The number of likely N-dealkylation sites (tertiary alicyclic amines) is 1. The number of halogens is 1. The van der Waals surface area contributed by atoms with Crippen LogP contribution in [0, 0.1) is 6.92 Å². The second-order valence-electron chi connectivity index (χ2n) is 8.74. The van der Waals surface area contributed by atoms with E-state index >= 15 is 0 Å². The van der Waals surface area contributed by atoms with Gasteiger partial charge in [0, 0.05) is 23.2 Å². The molecule has 3 aromatic rings. The van der Waals surface area contributed by atoms with Crippen LogP contribution in [0.2, 0.25) is 5.02 Å². The Labute approximate surface area is 203 Å². The topological polar surface area (TPSA) is 80.9 Å². The summed E-state index contributed by atoms with van der Waals surface area (Å²) in [7, 11) is 1.64. The molecule has 0 radical (unpaired) electrons. The number of aromatic nitrogens is 2. The number of cyclic esters (lactones) is 1. The third-order valence-electron chi connectivity index (χ3n) is 6.54. The van der Waals surface area contributed by atoms with E-state index in [0.717, 1.165) is 42.9 Å². The molecule has 0 N–H and O–H groups in total. The zero-order chi connectivity index (χ0) is 23.7. The van der Waals surface area contributed by atoms with Gasteiger partial charge in [-0.2, -0.15) is 4.98 Å². The second kappa shape index (κ2) is 9.64. The van der Waals surface area contributed by atoms with Gasteiger partial charge in [-0.15, -0.1) is 0 Å². The molecular weight excluding hydrogens is 456 g/mol. The van der Waals surface area contributed by atoms with Crippen LogP contribution in [0.3, 0.4) is 0 Å². The van der Waals surface area contributed by atoms with Gasteiger partial charge in [-0.1, -0.05) is 28.9 Å². The molecular formula is C25H27ClN4O4. The lowest BCUT2D eigenvalue weighted by Crippen LogP contribution is -2.41. The molecule has 0 unspecified atom stereocenters. The molecule has 34 heavy (non-hydrogen) atoms. The van der Waals surface area contributed by atoms with Crippen LogP contribution in [0.25, 0.3) is 0 Å². The van der Waals surface area contributed by atoms with Gasteiger partial charge in [0.2, 0.25) is 5.89 Å². The summed E-state index contributed by atoms with van der Waals surface area (Å²) >= 11 is 6.09. The van der Waals surface area contributed by atoms with Gasteiger partial charge < -0.3 is 14.0 Å². The van der Waals surface area contributed by atoms with Gasteiger partial charge in [0.25, 0.3) is 0 Å². The third-order valence-corrected chi connectivity index (χ3v) is 6.79. The molecule has 0 bridgehead atoms. The van der Waals surface area contributed by atoms with E-state index in [-0.39, 0.29) is 24.2 Å². The van der Waals surface area contributed by atoms with E-state index in [4.69, 9.17) is 25.6 Å². The van der Waals surface area contributed by atoms with Crippen LogP contribution < -0.4 is 9.64 Å². The summed E-state index contributed by atoms with van der Waals surface area (Å²) in [6.07, 6.45) is 1.15. The Bertz CT molecular complexity index is 1140. The number of aryl methyl sites for hydroxylation is 1. The van der Waals surface area contributed by atoms with Gasteiger partial charge in [-0.3, -0.25) is 9.80 Å². The van der Waals surface area contributed by atoms with Crippen molar-refractivity contribution in [3.8, 4) is 5.75 Å². The number of benzene rings is 2. The van der Waals surface area contributed by atoms with Gasteiger partial charge in [-0.05, 0) is 74.8 Å². The Morgan fingerprint density at radius 2 is 1.91 bits per heavy atom. The van der Waals surface area contributed by atoms with Gasteiger partial charge in [-0.25, -0.2) is 4.79 Å². The minimum Gasteiger partial charge on any atom is -0.497 e. The number of ether oxygens (including phenoxy) is 2. The van der Waals surface area contributed by atoms with E-state index in [1.807, 2.05) is 43.3 Å². The largest absolute Gasteiger partial charge is 0.497 e. The molecule has 2 saturated heterocycles.